The van der Waals surface area contributed by atoms with Crippen LogP contribution in [0.2, 0.25) is 0 Å². The summed E-state index contributed by atoms with van der Waals surface area (Å²) < 4.78 is 6.53. The Hall–Kier alpha value is -2.22. The Balaban J connectivity index is 1.97. The van der Waals surface area contributed by atoms with Gasteiger partial charge in [-0.1, -0.05) is 0 Å². The highest BCUT2D eigenvalue weighted by Gasteiger charge is 2.16. The van der Waals surface area contributed by atoms with Gasteiger partial charge in [-0.3, -0.25) is 9.48 Å². The number of hydrogen-bond donors (Lipinski definition) is 1. The van der Waals surface area contributed by atoms with Crippen molar-refractivity contribution in [1.82, 2.24) is 20.1 Å². The maximum absolute atomic E-state index is 12.0. The molecule has 0 fully saturated rings. The fourth-order valence-electron chi connectivity index (χ4n) is 1.75. The van der Waals surface area contributed by atoms with E-state index in [2.05, 4.69) is 15.4 Å². The number of carbonyl (C=O) groups is 2. The average molecular weight is 308 g/mol. The number of thiazole rings is 1. The van der Waals surface area contributed by atoms with Crippen molar-refractivity contribution in [3.63, 3.8) is 0 Å². The van der Waals surface area contributed by atoms with E-state index in [4.69, 9.17) is 4.74 Å². The third-order valence-corrected chi connectivity index (χ3v) is 3.56. The van der Waals surface area contributed by atoms with Crippen LogP contribution in [0.5, 0.6) is 0 Å². The summed E-state index contributed by atoms with van der Waals surface area (Å²) in [6, 6.07) is 0. The molecule has 0 aliphatic heterocycles. The summed E-state index contributed by atoms with van der Waals surface area (Å²) in [5.41, 5.74) is 2.01. The zero-order valence-electron chi connectivity index (χ0n) is 12.0. The van der Waals surface area contributed by atoms with Gasteiger partial charge >= 0.3 is 5.97 Å². The van der Waals surface area contributed by atoms with Crippen LogP contribution in [0.3, 0.4) is 0 Å². The smallest absolute Gasteiger partial charge is 0.367 e. The Labute approximate surface area is 125 Å². The molecule has 1 amide bonds. The number of amides is 1. The van der Waals surface area contributed by atoms with Gasteiger partial charge in [0.15, 0.2) is 0 Å². The maximum Gasteiger partial charge on any atom is 0.367 e. The van der Waals surface area contributed by atoms with Crippen molar-refractivity contribution in [3.05, 3.63) is 33.5 Å². The SMILES string of the molecule is CCOC(=O)c1nc(C(=O)NCc2cn(C)nc2C)cs1. The number of nitrogens with one attached hydrogen (secondary N) is 1. The molecule has 1 N–H and O–H groups in total. The quantitative estimate of drug-likeness (QED) is 0.841. The molecule has 0 spiro atoms. The van der Waals surface area contributed by atoms with Crippen LogP contribution in [0.4, 0.5) is 0 Å². The van der Waals surface area contributed by atoms with Crippen LogP contribution in [-0.4, -0.2) is 33.2 Å². The Bertz CT molecular complexity index is 662. The minimum absolute atomic E-state index is 0.180. The van der Waals surface area contributed by atoms with Crippen LogP contribution in [-0.2, 0) is 18.3 Å². The number of aryl methyl sites for hydroxylation is 2. The highest BCUT2D eigenvalue weighted by Crippen LogP contribution is 2.11. The zero-order valence-corrected chi connectivity index (χ0v) is 12.9. The molecule has 0 unspecified atom stereocenters. The Morgan fingerprint density at radius 2 is 2.24 bits per heavy atom. The molecule has 2 rings (SSSR count). The van der Waals surface area contributed by atoms with Gasteiger partial charge < -0.3 is 10.1 Å². The fourth-order valence-corrected chi connectivity index (χ4v) is 2.44. The molecular weight excluding hydrogens is 292 g/mol. The Morgan fingerprint density at radius 1 is 1.48 bits per heavy atom. The molecule has 0 atom stereocenters. The molecule has 0 saturated carbocycles. The molecule has 2 heterocycles. The Morgan fingerprint density at radius 3 is 2.86 bits per heavy atom. The van der Waals surface area contributed by atoms with E-state index < -0.39 is 5.97 Å². The molecule has 112 valence electrons. The summed E-state index contributed by atoms with van der Waals surface area (Å²) >= 11 is 1.09. The van der Waals surface area contributed by atoms with Crippen LogP contribution in [0.1, 0.15) is 38.5 Å². The van der Waals surface area contributed by atoms with Gasteiger partial charge in [0, 0.05) is 30.7 Å². The molecule has 8 heteroatoms. The summed E-state index contributed by atoms with van der Waals surface area (Å²) in [6.07, 6.45) is 1.85. The van der Waals surface area contributed by atoms with Crippen molar-refractivity contribution < 1.29 is 14.3 Å². The lowest BCUT2D eigenvalue weighted by Gasteiger charge is -2.01. The predicted octanol–water partition coefficient (Wildman–Crippen LogP) is 1.29. The third-order valence-electron chi connectivity index (χ3n) is 2.74. The van der Waals surface area contributed by atoms with Crippen LogP contribution in [0, 0.1) is 6.92 Å². The van der Waals surface area contributed by atoms with E-state index in [0.29, 0.717) is 6.54 Å². The van der Waals surface area contributed by atoms with E-state index in [1.54, 1.807) is 11.6 Å². The van der Waals surface area contributed by atoms with Gasteiger partial charge in [0.05, 0.1) is 12.3 Å². The number of esters is 1. The highest BCUT2D eigenvalue weighted by molar-refractivity contribution is 7.11. The van der Waals surface area contributed by atoms with E-state index in [1.165, 1.54) is 5.38 Å². The second-order valence-electron chi connectivity index (χ2n) is 4.35. The van der Waals surface area contributed by atoms with Crippen molar-refractivity contribution in [3.8, 4) is 0 Å². The first-order valence-corrected chi connectivity index (χ1v) is 7.29. The molecule has 0 aliphatic rings. The predicted molar refractivity (Wildman–Crippen MR) is 77.2 cm³/mol. The molecule has 21 heavy (non-hydrogen) atoms. The standard InChI is InChI=1S/C13H16N4O3S/c1-4-20-13(19)12-15-10(7-21-12)11(18)14-5-9-6-17(3)16-8(9)2/h6-7H,4-5H2,1-3H3,(H,14,18). The van der Waals surface area contributed by atoms with E-state index in [-0.39, 0.29) is 23.2 Å². The summed E-state index contributed by atoms with van der Waals surface area (Å²) in [5, 5.41) is 8.67. The van der Waals surface area contributed by atoms with Gasteiger partial charge in [0.2, 0.25) is 5.01 Å². The first kappa shape index (κ1) is 15.2. The third kappa shape index (κ3) is 3.66. The van der Waals surface area contributed by atoms with Crippen LogP contribution < -0.4 is 5.32 Å². The fraction of sp³-hybridized carbons (Fsp3) is 0.385. The van der Waals surface area contributed by atoms with Gasteiger partial charge in [-0.15, -0.1) is 11.3 Å². The van der Waals surface area contributed by atoms with Crippen molar-refractivity contribution in [1.29, 1.82) is 0 Å². The van der Waals surface area contributed by atoms with Crippen molar-refractivity contribution in [2.45, 2.75) is 20.4 Å². The molecule has 2 aromatic heterocycles. The number of nitrogens with zero attached hydrogens (tertiary/aromatic N) is 3. The molecule has 0 aliphatic carbocycles. The minimum atomic E-state index is -0.510. The molecule has 7 nitrogen and oxygen atoms in total. The number of ether oxygens (including phenoxy) is 1. The van der Waals surface area contributed by atoms with Crippen LogP contribution >= 0.6 is 11.3 Å². The lowest BCUT2D eigenvalue weighted by Crippen LogP contribution is -2.23. The highest BCUT2D eigenvalue weighted by atomic mass is 32.1. The lowest BCUT2D eigenvalue weighted by molar-refractivity contribution is 0.0526. The molecule has 0 bridgehead atoms. The largest absolute Gasteiger partial charge is 0.461 e. The first-order chi connectivity index (χ1) is 10.0. The van der Waals surface area contributed by atoms with Gasteiger partial charge in [0.1, 0.15) is 5.69 Å². The van der Waals surface area contributed by atoms with Crippen molar-refractivity contribution in [2.24, 2.45) is 7.05 Å². The molecule has 0 aromatic carbocycles. The number of aromatic nitrogens is 3. The number of carbonyl (C=O) groups excluding carboxylic acids is 2. The Kier molecular flexibility index (Phi) is 4.69. The summed E-state index contributed by atoms with van der Waals surface area (Å²) in [7, 11) is 1.82. The van der Waals surface area contributed by atoms with E-state index in [9.17, 15) is 9.59 Å². The second-order valence-corrected chi connectivity index (χ2v) is 5.21. The zero-order chi connectivity index (χ0) is 15.4. The summed E-state index contributed by atoms with van der Waals surface area (Å²) in [5.74, 6) is -0.838. The maximum atomic E-state index is 12.0. The summed E-state index contributed by atoms with van der Waals surface area (Å²) in [4.78, 5) is 27.5. The molecule has 2 aromatic rings. The minimum Gasteiger partial charge on any atom is -0.461 e. The first-order valence-electron chi connectivity index (χ1n) is 6.41. The molecule has 0 radical (unpaired) electrons. The number of rotatable bonds is 5. The number of hydrogen-bond acceptors (Lipinski definition) is 6. The van der Waals surface area contributed by atoms with E-state index in [1.807, 2.05) is 20.2 Å². The van der Waals surface area contributed by atoms with Gasteiger partial charge in [0.25, 0.3) is 5.91 Å². The normalized spacial score (nSPS) is 10.4. The van der Waals surface area contributed by atoms with Crippen LogP contribution in [0.25, 0.3) is 0 Å². The van der Waals surface area contributed by atoms with Gasteiger partial charge in [-0.25, -0.2) is 9.78 Å². The molecule has 0 saturated heterocycles. The van der Waals surface area contributed by atoms with E-state index in [0.717, 1.165) is 22.6 Å². The van der Waals surface area contributed by atoms with Gasteiger partial charge in [-0.2, -0.15) is 5.10 Å². The van der Waals surface area contributed by atoms with Gasteiger partial charge in [-0.05, 0) is 13.8 Å². The average Bonchev–Trinajstić information content (AvgIpc) is 3.03. The molecular formula is C13H16N4O3S. The second kappa shape index (κ2) is 6.49. The lowest BCUT2D eigenvalue weighted by atomic mass is 10.2. The van der Waals surface area contributed by atoms with Crippen LogP contribution in [0.15, 0.2) is 11.6 Å². The summed E-state index contributed by atoms with van der Waals surface area (Å²) in [6.45, 7) is 4.24. The van der Waals surface area contributed by atoms with Crippen molar-refractivity contribution in [2.75, 3.05) is 6.61 Å². The topological polar surface area (TPSA) is 86.1 Å². The van der Waals surface area contributed by atoms with Crippen molar-refractivity contribution >= 4 is 23.2 Å². The monoisotopic (exact) mass is 308 g/mol. The van der Waals surface area contributed by atoms with E-state index >= 15 is 0 Å².